The number of piperazine rings is 1. The van der Waals surface area contributed by atoms with Gasteiger partial charge in [-0.05, 0) is 35.7 Å². The standard InChI is InChI=1S/C17H20FN3.2ClH/c18-16-5-1-4-15(11-16)17-13-20-8-10-21(17)9-6-14-3-2-7-19-12-14;;/h1-5,7,11-12,17,20H,6,8-10,13H2;2*1H. The van der Waals surface area contributed by atoms with E-state index in [-0.39, 0.29) is 36.7 Å². The zero-order valence-corrected chi connectivity index (χ0v) is 14.5. The fourth-order valence-electron chi connectivity index (χ4n) is 2.88. The van der Waals surface area contributed by atoms with E-state index in [4.69, 9.17) is 0 Å². The number of rotatable bonds is 4. The number of pyridine rings is 1. The Labute approximate surface area is 149 Å². The quantitative estimate of drug-likeness (QED) is 0.910. The number of hydrogen-bond donors (Lipinski definition) is 1. The van der Waals surface area contributed by atoms with Crippen LogP contribution in [0.3, 0.4) is 0 Å². The fraction of sp³-hybridized carbons (Fsp3) is 0.353. The first kappa shape index (κ1) is 19.8. The van der Waals surface area contributed by atoms with Gasteiger partial charge in [0.1, 0.15) is 5.82 Å². The summed E-state index contributed by atoms with van der Waals surface area (Å²) in [6.07, 6.45) is 4.68. The molecule has 1 aromatic carbocycles. The highest BCUT2D eigenvalue weighted by atomic mass is 35.5. The summed E-state index contributed by atoms with van der Waals surface area (Å²) in [4.78, 5) is 6.59. The SMILES string of the molecule is Cl.Cl.Fc1cccc(C2CNCCN2CCc2cccnc2)c1. The van der Waals surface area contributed by atoms with Crippen LogP contribution < -0.4 is 5.32 Å². The summed E-state index contributed by atoms with van der Waals surface area (Å²) in [6, 6.07) is 11.3. The summed E-state index contributed by atoms with van der Waals surface area (Å²) in [7, 11) is 0. The van der Waals surface area contributed by atoms with Crippen LogP contribution in [0, 0.1) is 5.82 Å². The fourth-order valence-corrected chi connectivity index (χ4v) is 2.88. The number of aromatic nitrogens is 1. The maximum atomic E-state index is 13.5. The highest BCUT2D eigenvalue weighted by Crippen LogP contribution is 2.23. The van der Waals surface area contributed by atoms with Crippen molar-refractivity contribution in [3.05, 3.63) is 65.7 Å². The van der Waals surface area contributed by atoms with E-state index < -0.39 is 0 Å². The Kier molecular flexibility index (Phi) is 8.48. The molecule has 2 heterocycles. The average Bonchev–Trinajstić information content (AvgIpc) is 2.54. The second-order valence-electron chi connectivity index (χ2n) is 5.42. The van der Waals surface area contributed by atoms with Gasteiger partial charge in [0.05, 0.1) is 0 Å². The number of nitrogens with one attached hydrogen (secondary N) is 1. The molecule has 0 aliphatic carbocycles. The zero-order chi connectivity index (χ0) is 14.5. The lowest BCUT2D eigenvalue weighted by molar-refractivity contribution is 0.163. The molecule has 1 N–H and O–H groups in total. The second kappa shape index (κ2) is 9.83. The van der Waals surface area contributed by atoms with E-state index >= 15 is 0 Å². The van der Waals surface area contributed by atoms with Crippen LogP contribution in [-0.2, 0) is 6.42 Å². The van der Waals surface area contributed by atoms with Crippen LogP contribution in [0.15, 0.2) is 48.8 Å². The third kappa shape index (κ3) is 5.43. The van der Waals surface area contributed by atoms with Crippen molar-refractivity contribution < 1.29 is 4.39 Å². The van der Waals surface area contributed by atoms with Gasteiger partial charge in [-0.1, -0.05) is 18.2 Å². The molecule has 1 aliphatic heterocycles. The molecule has 0 bridgehead atoms. The van der Waals surface area contributed by atoms with Crippen LogP contribution >= 0.6 is 24.8 Å². The zero-order valence-electron chi connectivity index (χ0n) is 12.8. The first-order valence-corrected chi connectivity index (χ1v) is 7.42. The molecule has 1 aromatic heterocycles. The molecule has 1 aliphatic rings. The summed E-state index contributed by atoms with van der Waals surface area (Å²) in [5, 5.41) is 3.40. The molecule has 1 atom stereocenters. The summed E-state index contributed by atoms with van der Waals surface area (Å²) < 4.78 is 13.5. The summed E-state index contributed by atoms with van der Waals surface area (Å²) in [6.45, 7) is 3.81. The van der Waals surface area contributed by atoms with Crippen molar-refractivity contribution in [3.8, 4) is 0 Å². The maximum absolute atomic E-state index is 13.5. The molecule has 6 heteroatoms. The van der Waals surface area contributed by atoms with Gasteiger partial charge in [0.15, 0.2) is 0 Å². The minimum atomic E-state index is -0.162. The topological polar surface area (TPSA) is 28.2 Å². The van der Waals surface area contributed by atoms with Crippen LogP contribution in [0.5, 0.6) is 0 Å². The molecule has 1 unspecified atom stereocenters. The van der Waals surface area contributed by atoms with Gasteiger partial charge in [0.25, 0.3) is 0 Å². The van der Waals surface area contributed by atoms with Gasteiger partial charge in [-0.2, -0.15) is 0 Å². The first-order valence-electron chi connectivity index (χ1n) is 7.42. The third-order valence-electron chi connectivity index (χ3n) is 4.00. The molecule has 1 saturated heterocycles. The molecule has 1 fully saturated rings. The van der Waals surface area contributed by atoms with Gasteiger partial charge in [-0.15, -0.1) is 24.8 Å². The average molecular weight is 358 g/mol. The van der Waals surface area contributed by atoms with Gasteiger partial charge >= 0.3 is 0 Å². The van der Waals surface area contributed by atoms with Crippen LogP contribution in [0.1, 0.15) is 17.2 Å². The second-order valence-corrected chi connectivity index (χ2v) is 5.42. The predicted octanol–water partition coefficient (Wildman–Crippen LogP) is 3.25. The van der Waals surface area contributed by atoms with E-state index in [1.165, 1.54) is 11.6 Å². The molecular weight excluding hydrogens is 336 g/mol. The first-order chi connectivity index (χ1) is 10.3. The smallest absolute Gasteiger partial charge is 0.123 e. The molecule has 3 rings (SSSR count). The predicted molar refractivity (Wildman–Crippen MR) is 96.0 cm³/mol. The lowest BCUT2D eigenvalue weighted by Gasteiger charge is -2.36. The van der Waals surface area contributed by atoms with E-state index in [1.54, 1.807) is 18.3 Å². The minimum absolute atomic E-state index is 0. The molecule has 23 heavy (non-hydrogen) atoms. The normalized spacial score (nSPS) is 17.9. The molecule has 3 nitrogen and oxygen atoms in total. The van der Waals surface area contributed by atoms with Crippen LogP contribution in [0.2, 0.25) is 0 Å². The van der Waals surface area contributed by atoms with Crippen molar-refractivity contribution in [3.63, 3.8) is 0 Å². The summed E-state index contributed by atoms with van der Waals surface area (Å²) in [5.41, 5.74) is 2.29. The maximum Gasteiger partial charge on any atom is 0.123 e. The number of benzene rings is 1. The highest BCUT2D eigenvalue weighted by Gasteiger charge is 2.23. The van der Waals surface area contributed by atoms with Gasteiger partial charge in [0.2, 0.25) is 0 Å². The Bertz CT molecular complexity index is 583. The van der Waals surface area contributed by atoms with Crippen molar-refractivity contribution in [2.24, 2.45) is 0 Å². The minimum Gasteiger partial charge on any atom is -0.314 e. The summed E-state index contributed by atoms with van der Waals surface area (Å²) >= 11 is 0. The van der Waals surface area contributed by atoms with E-state index in [9.17, 15) is 4.39 Å². The van der Waals surface area contributed by atoms with E-state index in [1.807, 2.05) is 18.3 Å². The van der Waals surface area contributed by atoms with E-state index in [2.05, 4.69) is 21.3 Å². The van der Waals surface area contributed by atoms with Crippen LogP contribution in [0.25, 0.3) is 0 Å². The Morgan fingerprint density at radius 1 is 1.22 bits per heavy atom. The van der Waals surface area contributed by atoms with Gasteiger partial charge in [-0.25, -0.2) is 4.39 Å². The Morgan fingerprint density at radius 2 is 2.09 bits per heavy atom. The molecule has 0 spiro atoms. The Morgan fingerprint density at radius 3 is 2.83 bits per heavy atom. The lowest BCUT2D eigenvalue weighted by atomic mass is 10.0. The van der Waals surface area contributed by atoms with Crippen molar-refractivity contribution in [1.82, 2.24) is 15.2 Å². The van der Waals surface area contributed by atoms with Crippen LogP contribution in [0.4, 0.5) is 4.39 Å². The number of hydrogen-bond acceptors (Lipinski definition) is 3. The van der Waals surface area contributed by atoms with Gasteiger partial charge < -0.3 is 5.32 Å². The third-order valence-corrected chi connectivity index (χ3v) is 4.00. The lowest BCUT2D eigenvalue weighted by Crippen LogP contribution is -2.46. The molecule has 2 aromatic rings. The van der Waals surface area contributed by atoms with Crippen molar-refractivity contribution >= 4 is 24.8 Å². The molecular formula is C17H22Cl2FN3. The highest BCUT2D eigenvalue weighted by molar-refractivity contribution is 5.85. The molecule has 0 radical (unpaired) electrons. The number of nitrogens with zero attached hydrogens (tertiary/aromatic N) is 2. The number of halogens is 3. The molecule has 0 saturated carbocycles. The molecule has 126 valence electrons. The summed E-state index contributed by atoms with van der Waals surface area (Å²) in [5.74, 6) is -0.162. The van der Waals surface area contributed by atoms with E-state index in [0.717, 1.165) is 38.2 Å². The van der Waals surface area contributed by atoms with Gasteiger partial charge in [0, 0.05) is 44.6 Å². The van der Waals surface area contributed by atoms with Gasteiger partial charge in [-0.3, -0.25) is 9.88 Å². The molecule has 0 amide bonds. The Balaban J connectivity index is 0.00000132. The van der Waals surface area contributed by atoms with Crippen molar-refractivity contribution in [2.45, 2.75) is 12.5 Å². The largest absolute Gasteiger partial charge is 0.314 e. The van der Waals surface area contributed by atoms with Crippen molar-refractivity contribution in [2.75, 3.05) is 26.2 Å². The van der Waals surface area contributed by atoms with Crippen LogP contribution in [-0.4, -0.2) is 36.1 Å². The van der Waals surface area contributed by atoms with E-state index in [0.29, 0.717) is 0 Å². The van der Waals surface area contributed by atoms with Crippen molar-refractivity contribution in [1.29, 1.82) is 0 Å². The Hall–Kier alpha value is -1.20. The monoisotopic (exact) mass is 357 g/mol.